The minimum Gasteiger partial charge on any atom is -0.465 e. The van der Waals surface area contributed by atoms with Crippen molar-refractivity contribution in [2.24, 2.45) is 0 Å². The van der Waals surface area contributed by atoms with Crippen LogP contribution in [0.2, 0.25) is 0 Å². The number of halogens is 3. The second kappa shape index (κ2) is 5.39. The molecule has 0 heterocycles. The van der Waals surface area contributed by atoms with E-state index in [1.807, 2.05) is 0 Å². The highest BCUT2D eigenvalue weighted by molar-refractivity contribution is 5.97. The minimum absolute atomic E-state index is 0.0500. The second-order valence-corrected chi connectivity index (χ2v) is 3.21. The van der Waals surface area contributed by atoms with Gasteiger partial charge in [0, 0.05) is 0 Å². The van der Waals surface area contributed by atoms with E-state index in [2.05, 4.69) is 9.47 Å². The summed E-state index contributed by atoms with van der Waals surface area (Å²) in [6.07, 6.45) is -5.04. The van der Waals surface area contributed by atoms with E-state index in [-0.39, 0.29) is 11.8 Å². The predicted octanol–water partition coefficient (Wildman–Crippen LogP) is 2.06. The quantitative estimate of drug-likeness (QED) is 0.622. The van der Waals surface area contributed by atoms with Crippen molar-refractivity contribution in [3.8, 4) is 11.8 Å². The predicted molar refractivity (Wildman–Crippen MR) is 54.6 cm³/mol. The zero-order valence-electron chi connectivity index (χ0n) is 9.45. The Balaban J connectivity index is 3.51. The molecule has 8 heteroatoms. The Morgan fingerprint density at radius 3 is 2.47 bits per heavy atom. The lowest BCUT2D eigenvalue weighted by Crippen LogP contribution is -2.20. The van der Waals surface area contributed by atoms with Crippen molar-refractivity contribution in [1.82, 2.24) is 0 Å². The van der Waals surface area contributed by atoms with Gasteiger partial charge in [0.15, 0.2) is 12.0 Å². The van der Waals surface area contributed by atoms with Gasteiger partial charge in [-0.3, -0.25) is 4.79 Å². The maximum Gasteiger partial charge on any atom is 0.573 e. The molecule has 1 rings (SSSR count). The number of benzene rings is 1. The first-order chi connectivity index (χ1) is 8.82. The van der Waals surface area contributed by atoms with Crippen LogP contribution in [0.15, 0.2) is 12.1 Å². The van der Waals surface area contributed by atoms with E-state index < -0.39 is 29.2 Å². The molecule has 0 aliphatic heterocycles. The van der Waals surface area contributed by atoms with Crippen molar-refractivity contribution < 1.29 is 32.2 Å². The van der Waals surface area contributed by atoms with Gasteiger partial charge in [0.2, 0.25) is 0 Å². The largest absolute Gasteiger partial charge is 0.573 e. The molecule has 0 unspecified atom stereocenters. The molecule has 0 aliphatic rings. The summed E-state index contributed by atoms with van der Waals surface area (Å²) in [6.45, 7) is 0. The Hall–Kier alpha value is -2.56. The Morgan fingerprint density at radius 2 is 2.05 bits per heavy atom. The molecule has 0 aliphatic carbocycles. The van der Waals surface area contributed by atoms with Crippen LogP contribution in [0.5, 0.6) is 5.75 Å². The average Bonchev–Trinajstić information content (AvgIpc) is 2.36. The van der Waals surface area contributed by atoms with Gasteiger partial charge in [-0.05, 0) is 12.1 Å². The summed E-state index contributed by atoms with van der Waals surface area (Å²) in [5.41, 5.74) is -1.39. The summed E-state index contributed by atoms with van der Waals surface area (Å²) in [6, 6.07) is 3.33. The number of nitriles is 1. The number of carbonyl (C=O) groups excluding carboxylic acids is 2. The highest BCUT2D eigenvalue weighted by Crippen LogP contribution is 2.31. The van der Waals surface area contributed by atoms with Crippen molar-refractivity contribution in [3.63, 3.8) is 0 Å². The number of nitrogens with zero attached hydrogens (tertiary/aromatic N) is 1. The zero-order valence-corrected chi connectivity index (χ0v) is 9.45. The molecule has 100 valence electrons. The standard InChI is InChI=1S/C11H6F3NO4/c1-18-10(17)8-3-6(4-15)2-7(5-16)9(8)19-11(12,13)14/h2-3,5H,1H3. The monoisotopic (exact) mass is 273 g/mol. The Morgan fingerprint density at radius 1 is 1.42 bits per heavy atom. The van der Waals surface area contributed by atoms with E-state index in [0.717, 1.165) is 19.2 Å². The molecule has 0 spiro atoms. The fourth-order valence-electron chi connectivity index (χ4n) is 1.29. The van der Waals surface area contributed by atoms with Gasteiger partial charge in [-0.1, -0.05) is 0 Å². The molecule has 0 radical (unpaired) electrons. The molecule has 0 amide bonds. The van der Waals surface area contributed by atoms with Gasteiger partial charge in [0.05, 0.1) is 24.3 Å². The highest BCUT2D eigenvalue weighted by Gasteiger charge is 2.34. The lowest BCUT2D eigenvalue weighted by molar-refractivity contribution is -0.274. The van der Waals surface area contributed by atoms with Gasteiger partial charge < -0.3 is 9.47 Å². The molecular weight excluding hydrogens is 267 g/mol. The highest BCUT2D eigenvalue weighted by atomic mass is 19.4. The number of methoxy groups -OCH3 is 1. The number of carbonyl (C=O) groups is 2. The Labute approximate surface area is 105 Å². The van der Waals surface area contributed by atoms with Crippen molar-refractivity contribution in [1.29, 1.82) is 5.26 Å². The maximum absolute atomic E-state index is 12.2. The Bertz CT molecular complexity index is 560. The third-order valence-corrected chi connectivity index (χ3v) is 2.00. The first kappa shape index (κ1) is 14.5. The number of alkyl halides is 3. The van der Waals surface area contributed by atoms with Gasteiger partial charge in [-0.2, -0.15) is 5.26 Å². The molecule has 0 N–H and O–H groups in total. The molecule has 0 atom stereocenters. The van der Waals surface area contributed by atoms with Crippen LogP contribution in [0.25, 0.3) is 0 Å². The second-order valence-electron chi connectivity index (χ2n) is 3.21. The molecule has 0 saturated heterocycles. The lowest BCUT2D eigenvalue weighted by Gasteiger charge is -2.14. The van der Waals surface area contributed by atoms with E-state index in [9.17, 15) is 22.8 Å². The number of hydrogen-bond donors (Lipinski definition) is 0. The fourth-order valence-corrected chi connectivity index (χ4v) is 1.29. The summed E-state index contributed by atoms with van der Waals surface area (Å²) in [4.78, 5) is 22.1. The molecule has 0 saturated carbocycles. The smallest absolute Gasteiger partial charge is 0.465 e. The fraction of sp³-hybridized carbons (Fsp3) is 0.182. The van der Waals surface area contributed by atoms with Crippen molar-refractivity contribution >= 4 is 12.3 Å². The van der Waals surface area contributed by atoms with Gasteiger partial charge >= 0.3 is 12.3 Å². The summed E-state index contributed by atoms with van der Waals surface area (Å²) in [5.74, 6) is -2.15. The van der Waals surface area contributed by atoms with Crippen molar-refractivity contribution in [3.05, 3.63) is 28.8 Å². The number of aldehydes is 1. The van der Waals surface area contributed by atoms with Gasteiger partial charge in [0.1, 0.15) is 5.56 Å². The van der Waals surface area contributed by atoms with Crippen molar-refractivity contribution in [2.75, 3.05) is 7.11 Å². The summed E-state index contributed by atoms with van der Waals surface area (Å²) in [5, 5.41) is 8.68. The molecule has 0 bridgehead atoms. The minimum atomic E-state index is -5.09. The first-order valence-corrected chi connectivity index (χ1v) is 4.69. The average molecular weight is 273 g/mol. The SMILES string of the molecule is COC(=O)c1cc(C#N)cc(C=O)c1OC(F)(F)F. The molecule has 0 aromatic heterocycles. The normalized spacial score (nSPS) is 10.5. The summed E-state index contributed by atoms with van der Waals surface area (Å²) >= 11 is 0. The zero-order chi connectivity index (χ0) is 14.6. The van der Waals surface area contributed by atoms with Gasteiger partial charge in [-0.25, -0.2) is 4.79 Å². The van der Waals surface area contributed by atoms with Crippen LogP contribution in [-0.4, -0.2) is 25.7 Å². The van der Waals surface area contributed by atoms with E-state index >= 15 is 0 Å². The van der Waals surface area contributed by atoms with Crippen LogP contribution in [0.1, 0.15) is 26.3 Å². The van der Waals surface area contributed by atoms with Crippen LogP contribution in [0, 0.1) is 11.3 Å². The van der Waals surface area contributed by atoms with E-state index in [4.69, 9.17) is 5.26 Å². The maximum atomic E-state index is 12.2. The topological polar surface area (TPSA) is 76.4 Å². The molecule has 1 aromatic rings. The van der Waals surface area contributed by atoms with Crippen LogP contribution in [0.4, 0.5) is 13.2 Å². The van der Waals surface area contributed by atoms with Gasteiger partial charge in [-0.15, -0.1) is 13.2 Å². The summed E-state index contributed by atoms with van der Waals surface area (Å²) < 4.78 is 44.6. The first-order valence-electron chi connectivity index (χ1n) is 4.69. The third kappa shape index (κ3) is 3.45. The number of hydrogen-bond acceptors (Lipinski definition) is 5. The number of esters is 1. The third-order valence-electron chi connectivity index (χ3n) is 2.00. The summed E-state index contributed by atoms with van der Waals surface area (Å²) in [7, 11) is 0.944. The molecule has 1 aromatic carbocycles. The van der Waals surface area contributed by atoms with E-state index in [0.29, 0.717) is 0 Å². The molecule has 5 nitrogen and oxygen atoms in total. The van der Waals surface area contributed by atoms with E-state index in [1.165, 1.54) is 0 Å². The van der Waals surface area contributed by atoms with Crippen LogP contribution in [-0.2, 0) is 4.74 Å². The Kier molecular flexibility index (Phi) is 4.11. The van der Waals surface area contributed by atoms with Crippen LogP contribution < -0.4 is 4.74 Å². The molecular formula is C11H6F3NO4. The lowest BCUT2D eigenvalue weighted by atomic mass is 10.1. The number of ether oxygens (including phenoxy) is 2. The van der Waals surface area contributed by atoms with Crippen molar-refractivity contribution in [2.45, 2.75) is 6.36 Å². The molecule has 19 heavy (non-hydrogen) atoms. The van der Waals surface area contributed by atoms with Gasteiger partial charge in [0.25, 0.3) is 0 Å². The van der Waals surface area contributed by atoms with E-state index in [1.54, 1.807) is 6.07 Å². The number of rotatable bonds is 3. The van der Waals surface area contributed by atoms with Crippen LogP contribution >= 0.6 is 0 Å². The molecule has 0 fully saturated rings. The van der Waals surface area contributed by atoms with Crippen LogP contribution in [0.3, 0.4) is 0 Å².